The topological polar surface area (TPSA) is 84.4 Å². The SMILES string of the molecule is Cc1nc(OCCNS(=O)(=O)c2ccccc2Cl)cc(N2CCCCC2)n1. The minimum atomic E-state index is -3.68. The number of halogens is 1. The van der Waals surface area contributed by atoms with E-state index in [-0.39, 0.29) is 23.1 Å². The second-order valence-corrected chi connectivity index (χ2v) is 8.48. The summed E-state index contributed by atoms with van der Waals surface area (Å²) in [7, 11) is -3.68. The third kappa shape index (κ3) is 5.31. The summed E-state index contributed by atoms with van der Waals surface area (Å²) in [5, 5.41) is 0.184. The van der Waals surface area contributed by atoms with Gasteiger partial charge in [-0.2, -0.15) is 4.98 Å². The van der Waals surface area contributed by atoms with E-state index in [0.717, 1.165) is 31.7 Å². The summed E-state index contributed by atoms with van der Waals surface area (Å²) in [5.74, 6) is 1.93. The highest BCUT2D eigenvalue weighted by Gasteiger charge is 2.17. The van der Waals surface area contributed by atoms with Crippen molar-refractivity contribution in [2.24, 2.45) is 0 Å². The Bertz CT molecular complexity index is 886. The molecule has 1 saturated heterocycles. The molecule has 0 spiro atoms. The van der Waals surface area contributed by atoms with Gasteiger partial charge in [-0.25, -0.2) is 18.1 Å². The number of benzene rings is 1. The highest BCUT2D eigenvalue weighted by atomic mass is 35.5. The van der Waals surface area contributed by atoms with Crippen LogP contribution in [0.4, 0.5) is 5.82 Å². The van der Waals surface area contributed by atoms with Gasteiger partial charge in [0.2, 0.25) is 15.9 Å². The fourth-order valence-electron chi connectivity index (χ4n) is 2.96. The normalized spacial score (nSPS) is 15.0. The van der Waals surface area contributed by atoms with E-state index in [1.807, 2.05) is 6.92 Å². The van der Waals surface area contributed by atoms with Crippen LogP contribution in [0.3, 0.4) is 0 Å². The number of hydrogen-bond acceptors (Lipinski definition) is 6. The summed E-state index contributed by atoms with van der Waals surface area (Å²) in [6, 6.07) is 8.12. The van der Waals surface area contributed by atoms with Gasteiger partial charge in [0, 0.05) is 25.7 Å². The second-order valence-electron chi connectivity index (χ2n) is 6.34. The van der Waals surface area contributed by atoms with Gasteiger partial charge in [-0.15, -0.1) is 0 Å². The van der Waals surface area contributed by atoms with E-state index in [0.29, 0.717) is 11.7 Å². The van der Waals surface area contributed by atoms with Crippen LogP contribution in [0.25, 0.3) is 0 Å². The first kappa shape index (κ1) is 19.9. The maximum absolute atomic E-state index is 12.3. The summed E-state index contributed by atoms with van der Waals surface area (Å²) < 4.78 is 32.7. The van der Waals surface area contributed by atoms with Crippen LogP contribution in [0, 0.1) is 6.92 Å². The van der Waals surface area contributed by atoms with Crippen molar-refractivity contribution in [3.05, 3.63) is 41.2 Å². The molecule has 7 nitrogen and oxygen atoms in total. The van der Waals surface area contributed by atoms with Crippen molar-refractivity contribution >= 4 is 27.4 Å². The lowest BCUT2D eigenvalue weighted by Gasteiger charge is -2.28. The lowest BCUT2D eigenvalue weighted by Crippen LogP contribution is -2.30. The monoisotopic (exact) mass is 410 g/mol. The van der Waals surface area contributed by atoms with Crippen LogP contribution in [-0.4, -0.2) is 44.6 Å². The Kier molecular flexibility index (Phi) is 6.51. The minimum absolute atomic E-state index is 0.0527. The van der Waals surface area contributed by atoms with Gasteiger partial charge in [0.05, 0.1) is 5.02 Å². The Morgan fingerprint density at radius 2 is 1.93 bits per heavy atom. The first-order valence-corrected chi connectivity index (χ1v) is 10.8. The zero-order valence-corrected chi connectivity index (χ0v) is 16.8. The Labute approximate surface area is 164 Å². The van der Waals surface area contributed by atoms with Gasteiger partial charge in [-0.05, 0) is 38.3 Å². The van der Waals surface area contributed by atoms with Gasteiger partial charge in [-0.1, -0.05) is 23.7 Å². The predicted molar refractivity (Wildman–Crippen MR) is 105 cm³/mol. The summed E-state index contributed by atoms with van der Waals surface area (Å²) in [4.78, 5) is 11.0. The number of sulfonamides is 1. The molecule has 1 aliphatic heterocycles. The van der Waals surface area contributed by atoms with Crippen molar-refractivity contribution in [1.82, 2.24) is 14.7 Å². The number of anilines is 1. The van der Waals surface area contributed by atoms with Crippen LogP contribution >= 0.6 is 11.6 Å². The van der Waals surface area contributed by atoms with Crippen LogP contribution in [-0.2, 0) is 10.0 Å². The summed E-state index contributed by atoms with van der Waals surface area (Å²) in [5.41, 5.74) is 0. The summed E-state index contributed by atoms with van der Waals surface area (Å²) >= 11 is 5.95. The largest absolute Gasteiger partial charge is 0.476 e. The molecule has 1 aromatic heterocycles. The number of aromatic nitrogens is 2. The summed E-state index contributed by atoms with van der Waals surface area (Å²) in [6.45, 7) is 4.04. The molecule has 0 saturated carbocycles. The molecule has 1 aliphatic rings. The maximum Gasteiger partial charge on any atom is 0.242 e. The van der Waals surface area contributed by atoms with Crippen molar-refractivity contribution in [2.45, 2.75) is 31.1 Å². The average molecular weight is 411 g/mol. The lowest BCUT2D eigenvalue weighted by atomic mass is 10.1. The molecule has 0 radical (unpaired) electrons. The maximum atomic E-state index is 12.3. The Morgan fingerprint density at radius 1 is 1.19 bits per heavy atom. The van der Waals surface area contributed by atoms with Gasteiger partial charge in [0.15, 0.2) is 0 Å². The van der Waals surface area contributed by atoms with Crippen LogP contribution in [0.5, 0.6) is 5.88 Å². The number of nitrogens with zero attached hydrogens (tertiary/aromatic N) is 3. The molecule has 1 N–H and O–H groups in total. The van der Waals surface area contributed by atoms with E-state index in [9.17, 15) is 8.42 Å². The molecule has 146 valence electrons. The van der Waals surface area contributed by atoms with Crippen LogP contribution < -0.4 is 14.4 Å². The molecule has 1 aromatic carbocycles. The number of piperidine rings is 1. The molecule has 3 rings (SSSR count). The first-order valence-electron chi connectivity index (χ1n) is 8.93. The Hall–Kier alpha value is -1.90. The van der Waals surface area contributed by atoms with Crippen molar-refractivity contribution in [3.63, 3.8) is 0 Å². The van der Waals surface area contributed by atoms with Crippen molar-refractivity contribution in [1.29, 1.82) is 0 Å². The molecule has 0 bridgehead atoms. The van der Waals surface area contributed by atoms with Crippen LogP contribution in [0.1, 0.15) is 25.1 Å². The average Bonchev–Trinajstić information content (AvgIpc) is 2.66. The second kappa shape index (κ2) is 8.86. The zero-order chi connectivity index (χ0) is 19.3. The van der Waals surface area contributed by atoms with E-state index >= 15 is 0 Å². The van der Waals surface area contributed by atoms with E-state index in [1.165, 1.54) is 12.5 Å². The summed E-state index contributed by atoms with van der Waals surface area (Å²) in [6.07, 6.45) is 3.56. The van der Waals surface area contributed by atoms with Gasteiger partial charge in [-0.3, -0.25) is 0 Å². The molecular formula is C18H23ClN4O3S. The highest BCUT2D eigenvalue weighted by Crippen LogP contribution is 2.22. The van der Waals surface area contributed by atoms with Crippen molar-refractivity contribution in [2.75, 3.05) is 31.1 Å². The smallest absolute Gasteiger partial charge is 0.242 e. The number of nitrogens with one attached hydrogen (secondary N) is 1. The zero-order valence-electron chi connectivity index (χ0n) is 15.2. The Balaban J connectivity index is 1.57. The standard InChI is InChI=1S/C18H23ClN4O3S/c1-14-21-17(23-10-5-2-6-11-23)13-18(22-14)26-12-9-20-27(24,25)16-8-4-3-7-15(16)19/h3-4,7-8,13,20H,2,5-6,9-12H2,1H3. The molecule has 2 aromatic rings. The highest BCUT2D eigenvalue weighted by molar-refractivity contribution is 7.89. The van der Waals surface area contributed by atoms with E-state index in [1.54, 1.807) is 24.3 Å². The Morgan fingerprint density at radius 3 is 2.67 bits per heavy atom. The molecular weight excluding hydrogens is 388 g/mol. The number of hydrogen-bond donors (Lipinski definition) is 1. The quantitative estimate of drug-likeness (QED) is 0.706. The molecule has 0 aliphatic carbocycles. The predicted octanol–water partition coefficient (Wildman–Crippen LogP) is 2.79. The molecule has 9 heteroatoms. The van der Waals surface area contributed by atoms with Crippen LogP contribution in [0.2, 0.25) is 5.02 Å². The number of aryl methyl sites for hydroxylation is 1. The van der Waals surface area contributed by atoms with E-state index < -0.39 is 10.0 Å². The minimum Gasteiger partial charge on any atom is -0.476 e. The van der Waals surface area contributed by atoms with Crippen molar-refractivity contribution < 1.29 is 13.2 Å². The fourth-order valence-corrected chi connectivity index (χ4v) is 4.49. The molecule has 0 amide bonds. The van der Waals surface area contributed by atoms with Gasteiger partial charge >= 0.3 is 0 Å². The first-order chi connectivity index (χ1) is 13.0. The van der Waals surface area contributed by atoms with E-state index in [4.69, 9.17) is 16.3 Å². The van der Waals surface area contributed by atoms with Gasteiger partial charge < -0.3 is 9.64 Å². The third-order valence-corrected chi connectivity index (χ3v) is 6.21. The fraction of sp³-hybridized carbons (Fsp3) is 0.444. The lowest BCUT2D eigenvalue weighted by molar-refractivity contribution is 0.309. The number of rotatable bonds is 7. The molecule has 1 fully saturated rings. The van der Waals surface area contributed by atoms with Crippen LogP contribution in [0.15, 0.2) is 35.2 Å². The third-order valence-electron chi connectivity index (χ3n) is 4.25. The molecule has 27 heavy (non-hydrogen) atoms. The van der Waals surface area contributed by atoms with Gasteiger partial charge in [0.25, 0.3) is 0 Å². The molecule has 2 heterocycles. The van der Waals surface area contributed by atoms with Gasteiger partial charge in [0.1, 0.15) is 23.1 Å². The van der Waals surface area contributed by atoms with Crippen molar-refractivity contribution in [3.8, 4) is 5.88 Å². The molecule has 0 unspecified atom stereocenters. The van der Waals surface area contributed by atoms with E-state index in [2.05, 4.69) is 19.6 Å². The number of ether oxygens (including phenoxy) is 1. The molecule has 0 atom stereocenters.